The summed E-state index contributed by atoms with van der Waals surface area (Å²) >= 11 is 0. The molecular formula is C17H15F2NO2. The van der Waals surface area contributed by atoms with Crippen LogP contribution in [-0.2, 0) is 11.2 Å². The van der Waals surface area contributed by atoms with E-state index in [1.807, 2.05) is 6.07 Å². The van der Waals surface area contributed by atoms with E-state index in [4.69, 9.17) is 5.11 Å². The maximum Gasteiger partial charge on any atom is 0.227 e. The van der Waals surface area contributed by atoms with Crippen LogP contribution in [0.2, 0.25) is 0 Å². The second kappa shape index (κ2) is 5.85. The molecular weight excluding hydrogens is 288 g/mol. The Balaban J connectivity index is 2.00. The van der Waals surface area contributed by atoms with E-state index in [9.17, 15) is 13.6 Å². The quantitative estimate of drug-likeness (QED) is 0.947. The van der Waals surface area contributed by atoms with Gasteiger partial charge in [0, 0.05) is 18.7 Å². The van der Waals surface area contributed by atoms with Gasteiger partial charge < -0.3 is 10.0 Å². The molecule has 3 rings (SSSR count). The number of anilines is 1. The van der Waals surface area contributed by atoms with Gasteiger partial charge in [-0.3, -0.25) is 4.79 Å². The fourth-order valence-electron chi connectivity index (χ4n) is 2.76. The average molecular weight is 303 g/mol. The predicted molar refractivity (Wildman–Crippen MR) is 79.6 cm³/mol. The Morgan fingerprint density at radius 2 is 1.73 bits per heavy atom. The molecule has 0 radical (unpaired) electrons. The summed E-state index contributed by atoms with van der Waals surface area (Å²) in [5.41, 5.74) is 3.11. The molecule has 0 saturated heterocycles. The lowest BCUT2D eigenvalue weighted by Gasteiger charge is -2.29. The molecule has 22 heavy (non-hydrogen) atoms. The van der Waals surface area contributed by atoms with Gasteiger partial charge in [-0.25, -0.2) is 8.78 Å². The molecule has 0 unspecified atom stereocenters. The predicted octanol–water partition coefficient (Wildman–Crippen LogP) is 2.90. The van der Waals surface area contributed by atoms with E-state index in [1.54, 1.807) is 17.0 Å². The van der Waals surface area contributed by atoms with Crippen LogP contribution in [0.3, 0.4) is 0 Å². The molecule has 2 aromatic carbocycles. The fourth-order valence-corrected chi connectivity index (χ4v) is 2.76. The van der Waals surface area contributed by atoms with Crippen molar-refractivity contribution in [3.05, 3.63) is 53.6 Å². The number of rotatable bonds is 3. The van der Waals surface area contributed by atoms with Crippen molar-refractivity contribution in [2.45, 2.75) is 12.8 Å². The number of aryl methyl sites for hydroxylation is 1. The summed E-state index contributed by atoms with van der Waals surface area (Å²) in [6.07, 6.45) is 0.988. The number of hydrogen-bond acceptors (Lipinski definition) is 2. The molecule has 1 N–H and O–H groups in total. The van der Waals surface area contributed by atoms with Crippen LogP contribution in [-0.4, -0.2) is 24.2 Å². The Hall–Kier alpha value is -2.27. The van der Waals surface area contributed by atoms with Crippen LogP contribution in [0.25, 0.3) is 11.1 Å². The molecule has 114 valence electrons. The van der Waals surface area contributed by atoms with E-state index >= 15 is 0 Å². The number of carbonyl (C=O) groups is 1. The number of aliphatic hydroxyl groups excluding tert-OH is 1. The number of amides is 1. The normalized spacial score (nSPS) is 14.1. The Morgan fingerprint density at radius 1 is 1.00 bits per heavy atom. The standard InChI is InChI=1S/C17H15F2NO2/c18-14-4-1-12(10-15(14)19)11-2-5-16-13(9-11)3-6-17(22)20(16)7-8-21/h1-2,4-5,9-10,21H,3,6-8H2. The van der Waals surface area contributed by atoms with Crippen LogP contribution in [0.4, 0.5) is 14.5 Å². The highest BCUT2D eigenvalue weighted by molar-refractivity contribution is 5.96. The van der Waals surface area contributed by atoms with Crippen molar-refractivity contribution in [3.8, 4) is 11.1 Å². The van der Waals surface area contributed by atoms with Crippen LogP contribution in [0.5, 0.6) is 0 Å². The van der Waals surface area contributed by atoms with Gasteiger partial charge in [0.1, 0.15) is 0 Å². The number of fused-ring (bicyclic) bond motifs is 1. The highest BCUT2D eigenvalue weighted by Crippen LogP contribution is 2.32. The van der Waals surface area contributed by atoms with Crippen LogP contribution in [0.1, 0.15) is 12.0 Å². The van der Waals surface area contributed by atoms with Gasteiger partial charge in [-0.05, 0) is 47.4 Å². The summed E-state index contributed by atoms with van der Waals surface area (Å²) in [6.45, 7) is 0.159. The van der Waals surface area contributed by atoms with Crippen molar-refractivity contribution in [2.24, 2.45) is 0 Å². The lowest BCUT2D eigenvalue weighted by atomic mass is 9.96. The van der Waals surface area contributed by atoms with Crippen LogP contribution in [0, 0.1) is 11.6 Å². The van der Waals surface area contributed by atoms with E-state index in [-0.39, 0.29) is 19.1 Å². The summed E-state index contributed by atoms with van der Waals surface area (Å²) in [6, 6.07) is 9.24. The summed E-state index contributed by atoms with van der Waals surface area (Å²) in [5, 5.41) is 9.08. The number of β-amino-alcohol motifs (C(OH)–C–C–N with tert-alkyl or cyclic N) is 1. The van der Waals surface area contributed by atoms with E-state index in [1.165, 1.54) is 6.07 Å². The lowest BCUT2D eigenvalue weighted by Crippen LogP contribution is -2.37. The molecule has 5 heteroatoms. The monoisotopic (exact) mass is 303 g/mol. The summed E-state index contributed by atoms with van der Waals surface area (Å²) < 4.78 is 26.4. The van der Waals surface area contributed by atoms with E-state index in [0.717, 1.165) is 28.9 Å². The van der Waals surface area contributed by atoms with E-state index < -0.39 is 11.6 Å². The van der Waals surface area contributed by atoms with Crippen molar-refractivity contribution in [1.29, 1.82) is 0 Å². The Bertz CT molecular complexity index is 731. The zero-order chi connectivity index (χ0) is 15.7. The smallest absolute Gasteiger partial charge is 0.227 e. The number of halogens is 2. The molecule has 1 aliphatic rings. The minimum absolute atomic E-state index is 0.0119. The van der Waals surface area contributed by atoms with Gasteiger partial charge in [-0.1, -0.05) is 12.1 Å². The molecule has 1 aliphatic heterocycles. The van der Waals surface area contributed by atoms with Gasteiger partial charge in [0.2, 0.25) is 5.91 Å². The Labute approximate surface area is 126 Å². The SMILES string of the molecule is O=C1CCc2cc(-c3ccc(F)c(F)c3)ccc2N1CCO. The fraction of sp³-hybridized carbons (Fsp3) is 0.235. The molecule has 1 heterocycles. The maximum atomic E-state index is 13.4. The topological polar surface area (TPSA) is 40.5 Å². The van der Waals surface area contributed by atoms with Gasteiger partial charge in [0.05, 0.1) is 6.61 Å². The number of aliphatic hydroxyl groups is 1. The molecule has 0 fully saturated rings. The number of carbonyl (C=O) groups excluding carboxylic acids is 1. The molecule has 2 aromatic rings. The summed E-state index contributed by atoms with van der Waals surface area (Å²) in [4.78, 5) is 13.5. The number of benzene rings is 2. The van der Waals surface area contributed by atoms with Gasteiger partial charge in [-0.2, -0.15) is 0 Å². The Kier molecular flexibility index (Phi) is 3.90. The first-order valence-corrected chi connectivity index (χ1v) is 7.09. The van der Waals surface area contributed by atoms with Crippen molar-refractivity contribution in [2.75, 3.05) is 18.1 Å². The zero-order valence-electron chi connectivity index (χ0n) is 11.9. The van der Waals surface area contributed by atoms with Crippen molar-refractivity contribution in [1.82, 2.24) is 0 Å². The summed E-state index contributed by atoms with van der Waals surface area (Å²) in [5.74, 6) is -1.77. The van der Waals surface area contributed by atoms with Gasteiger partial charge in [-0.15, -0.1) is 0 Å². The first-order chi connectivity index (χ1) is 10.6. The maximum absolute atomic E-state index is 13.4. The van der Waals surface area contributed by atoms with Gasteiger partial charge >= 0.3 is 0 Å². The van der Waals surface area contributed by atoms with Crippen LogP contribution in [0.15, 0.2) is 36.4 Å². The Morgan fingerprint density at radius 3 is 2.45 bits per heavy atom. The molecule has 3 nitrogen and oxygen atoms in total. The molecule has 0 aromatic heterocycles. The van der Waals surface area contributed by atoms with Crippen molar-refractivity contribution < 1.29 is 18.7 Å². The largest absolute Gasteiger partial charge is 0.395 e. The molecule has 0 atom stereocenters. The molecule has 1 amide bonds. The molecule has 0 aliphatic carbocycles. The lowest BCUT2D eigenvalue weighted by molar-refractivity contribution is -0.119. The zero-order valence-corrected chi connectivity index (χ0v) is 11.9. The van der Waals surface area contributed by atoms with Crippen LogP contribution < -0.4 is 4.90 Å². The third-order valence-electron chi connectivity index (χ3n) is 3.86. The molecule has 0 saturated carbocycles. The molecule has 0 spiro atoms. The minimum Gasteiger partial charge on any atom is -0.395 e. The summed E-state index contributed by atoms with van der Waals surface area (Å²) in [7, 11) is 0. The molecule has 0 bridgehead atoms. The third-order valence-corrected chi connectivity index (χ3v) is 3.86. The first kappa shape index (κ1) is 14.7. The van der Waals surface area contributed by atoms with Gasteiger partial charge in [0.15, 0.2) is 11.6 Å². The average Bonchev–Trinajstić information content (AvgIpc) is 2.52. The highest BCUT2D eigenvalue weighted by atomic mass is 19.2. The second-order valence-corrected chi connectivity index (χ2v) is 5.24. The minimum atomic E-state index is -0.882. The van der Waals surface area contributed by atoms with Crippen molar-refractivity contribution in [3.63, 3.8) is 0 Å². The van der Waals surface area contributed by atoms with Crippen molar-refractivity contribution >= 4 is 11.6 Å². The second-order valence-electron chi connectivity index (χ2n) is 5.24. The third kappa shape index (κ3) is 2.60. The number of hydrogen-bond donors (Lipinski definition) is 1. The van der Waals surface area contributed by atoms with E-state index in [2.05, 4.69) is 0 Å². The van der Waals surface area contributed by atoms with Gasteiger partial charge in [0.25, 0.3) is 0 Å². The highest BCUT2D eigenvalue weighted by Gasteiger charge is 2.23. The number of nitrogens with zero attached hydrogens (tertiary/aromatic N) is 1. The van der Waals surface area contributed by atoms with E-state index in [0.29, 0.717) is 18.4 Å². The van der Waals surface area contributed by atoms with Crippen LogP contribution >= 0.6 is 0 Å². The first-order valence-electron chi connectivity index (χ1n) is 7.09.